The van der Waals surface area contributed by atoms with E-state index in [1.54, 1.807) is 7.11 Å². The van der Waals surface area contributed by atoms with Crippen LogP contribution in [0.2, 0.25) is 0 Å². The lowest BCUT2D eigenvalue weighted by Crippen LogP contribution is -2.33. The van der Waals surface area contributed by atoms with Crippen molar-refractivity contribution in [3.8, 4) is 5.75 Å². The smallest absolute Gasteiger partial charge is 0.118 e. The number of benzene rings is 1. The summed E-state index contributed by atoms with van der Waals surface area (Å²) >= 11 is 0. The highest BCUT2D eigenvalue weighted by Gasteiger charge is 2.19. The maximum atomic E-state index is 8.86. The van der Waals surface area contributed by atoms with Crippen molar-refractivity contribution in [1.82, 2.24) is 0 Å². The molecule has 0 aliphatic carbocycles. The second-order valence-electron chi connectivity index (χ2n) is 3.62. The Labute approximate surface area is 84.5 Å². The Hall–Kier alpha value is -1.06. The molecular formula is C11H17NO2. The molecule has 0 fully saturated rings. The minimum Gasteiger partial charge on any atom is -0.497 e. The lowest BCUT2D eigenvalue weighted by atomic mass is 9.90. The fourth-order valence-corrected chi connectivity index (χ4v) is 1.35. The summed E-state index contributed by atoms with van der Waals surface area (Å²) in [6.07, 6.45) is 0.555. The third kappa shape index (κ3) is 2.47. The zero-order valence-electron chi connectivity index (χ0n) is 8.66. The van der Waals surface area contributed by atoms with Crippen LogP contribution in [0.15, 0.2) is 24.3 Å². The Morgan fingerprint density at radius 3 is 2.36 bits per heavy atom. The van der Waals surface area contributed by atoms with Gasteiger partial charge < -0.3 is 15.6 Å². The topological polar surface area (TPSA) is 55.5 Å². The van der Waals surface area contributed by atoms with Gasteiger partial charge in [-0.2, -0.15) is 0 Å². The summed E-state index contributed by atoms with van der Waals surface area (Å²) in [4.78, 5) is 0. The molecule has 0 aromatic heterocycles. The van der Waals surface area contributed by atoms with Gasteiger partial charge in [0.2, 0.25) is 0 Å². The number of hydrogen-bond acceptors (Lipinski definition) is 3. The first-order valence-electron chi connectivity index (χ1n) is 4.64. The van der Waals surface area contributed by atoms with Crippen LogP contribution in [-0.2, 0) is 5.54 Å². The van der Waals surface area contributed by atoms with E-state index in [2.05, 4.69) is 0 Å². The molecule has 0 aliphatic rings. The van der Waals surface area contributed by atoms with E-state index < -0.39 is 5.54 Å². The highest BCUT2D eigenvalue weighted by Crippen LogP contribution is 2.23. The van der Waals surface area contributed by atoms with Gasteiger partial charge in [-0.3, -0.25) is 0 Å². The van der Waals surface area contributed by atoms with Crippen LogP contribution in [0.3, 0.4) is 0 Å². The third-order valence-electron chi connectivity index (χ3n) is 2.38. The molecule has 0 amide bonds. The van der Waals surface area contributed by atoms with Gasteiger partial charge in [-0.1, -0.05) is 12.1 Å². The number of ether oxygens (including phenoxy) is 1. The zero-order valence-corrected chi connectivity index (χ0v) is 8.66. The molecule has 0 spiro atoms. The van der Waals surface area contributed by atoms with Crippen molar-refractivity contribution in [2.45, 2.75) is 18.9 Å². The average molecular weight is 195 g/mol. The Bertz CT molecular complexity index is 280. The van der Waals surface area contributed by atoms with Crippen LogP contribution in [0.1, 0.15) is 18.9 Å². The molecule has 1 atom stereocenters. The molecule has 0 radical (unpaired) electrons. The first kappa shape index (κ1) is 11.0. The highest BCUT2D eigenvalue weighted by atomic mass is 16.5. The van der Waals surface area contributed by atoms with Crippen molar-refractivity contribution in [3.05, 3.63) is 29.8 Å². The predicted octanol–water partition coefficient (Wildman–Crippen LogP) is 1.25. The summed E-state index contributed by atoms with van der Waals surface area (Å²) in [5.74, 6) is 0.813. The minimum absolute atomic E-state index is 0.0963. The van der Waals surface area contributed by atoms with Crippen LogP contribution >= 0.6 is 0 Å². The van der Waals surface area contributed by atoms with E-state index in [1.165, 1.54) is 0 Å². The fourth-order valence-electron chi connectivity index (χ4n) is 1.35. The molecule has 0 saturated carbocycles. The van der Waals surface area contributed by atoms with E-state index in [0.717, 1.165) is 11.3 Å². The zero-order chi connectivity index (χ0) is 10.6. The van der Waals surface area contributed by atoms with Crippen LogP contribution in [0, 0.1) is 0 Å². The minimum atomic E-state index is -0.471. The third-order valence-corrected chi connectivity index (χ3v) is 2.38. The summed E-state index contributed by atoms with van der Waals surface area (Å²) < 4.78 is 5.05. The van der Waals surface area contributed by atoms with Crippen LogP contribution in [0.4, 0.5) is 0 Å². The first-order chi connectivity index (χ1) is 6.60. The lowest BCUT2D eigenvalue weighted by Gasteiger charge is -2.24. The van der Waals surface area contributed by atoms with Crippen LogP contribution in [0.5, 0.6) is 5.75 Å². The van der Waals surface area contributed by atoms with Crippen LogP contribution in [0.25, 0.3) is 0 Å². The van der Waals surface area contributed by atoms with Gasteiger partial charge in [0.15, 0.2) is 0 Å². The van der Waals surface area contributed by atoms with Crippen molar-refractivity contribution in [3.63, 3.8) is 0 Å². The number of aliphatic hydroxyl groups excluding tert-OH is 1. The van der Waals surface area contributed by atoms with Gasteiger partial charge in [-0.15, -0.1) is 0 Å². The van der Waals surface area contributed by atoms with Gasteiger partial charge in [-0.25, -0.2) is 0 Å². The van der Waals surface area contributed by atoms with Gasteiger partial charge in [0.1, 0.15) is 5.75 Å². The first-order valence-corrected chi connectivity index (χ1v) is 4.64. The monoisotopic (exact) mass is 195 g/mol. The summed E-state index contributed by atoms with van der Waals surface area (Å²) in [6.45, 7) is 2.00. The Morgan fingerprint density at radius 1 is 1.36 bits per heavy atom. The molecular weight excluding hydrogens is 178 g/mol. The van der Waals surface area contributed by atoms with E-state index in [0.29, 0.717) is 6.42 Å². The van der Waals surface area contributed by atoms with E-state index in [1.807, 2.05) is 31.2 Å². The fraction of sp³-hybridized carbons (Fsp3) is 0.455. The molecule has 1 unspecified atom stereocenters. The van der Waals surface area contributed by atoms with E-state index in [9.17, 15) is 0 Å². The number of hydrogen-bond donors (Lipinski definition) is 2. The largest absolute Gasteiger partial charge is 0.497 e. The SMILES string of the molecule is COc1ccc(C(C)(N)CCO)cc1. The molecule has 14 heavy (non-hydrogen) atoms. The van der Waals surface area contributed by atoms with Crippen molar-refractivity contribution in [2.75, 3.05) is 13.7 Å². The van der Waals surface area contributed by atoms with Crippen molar-refractivity contribution in [2.24, 2.45) is 5.73 Å². The Morgan fingerprint density at radius 2 is 1.93 bits per heavy atom. The summed E-state index contributed by atoms with van der Waals surface area (Å²) in [5.41, 5.74) is 6.57. The number of rotatable bonds is 4. The second-order valence-corrected chi connectivity index (χ2v) is 3.62. The molecule has 0 saturated heterocycles. The molecule has 78 valence electrons. The number of methoxy groups -OCH3 is 1. The summed E-state index contributed by atoms with van der Waals surface area (Å²) in [5, 5.41) is 8.86. The highest BCUT2D eigenvalue weighted by molar-refractivity contribution is 5.31. The average Bonchev–Trinajstić information content (AvgIpc) is 2.18. The second kappa shape index (κ2) is 4.44. The van der Waals surface area contributed by atoms with Gasteiger partial charge in [-0.05, 0) is 31.0 Å². The maximum Gasteiger partial charge on any atom is 0.118 e. The normalized spacial score (nSPS) is 14.9. The van der Waals surface area contributed by atoms with Gasteiger partial charge in [0, 0.05) is 12.1 Å². The number of aliphatic hydroxyl groups is 1. The molecule has 1 rings (SSSR count). The molecule has 1 aromatic carbocycles. The van der Waals surface area contributed by atoms with Crippen LogP contribution < -0.4 is 10.5 Å². The molecule has 0 heterocycles. The quantitative estimate of drug-likeness (QED) is 0.760. The lowest BCUT2D eigenvalue weighted by molar-refractivity contribution is 0.247. The van der Waals surface area contributed by atoms with Crippen molar-refractivity contribution in [1.29, 1.82) is 0 Å². The standard InChI is InChI=1S/C11H17NO2/c1-11(12,7-8-13)9-3-5-10(14-2)6-4-9/h3-6,13H,7-8,12H2,1-2H3. The van der Waals surface area contributed by atoms with Crippen LogP contribution in [-0.4, -0.2) is 18.8 Å². The van der Waals surface area contributed by atoms with Gasteiger partial charge in [0.25, 0.3) is 0 Å². The number of nitrogens with two attached hydrogens (primary N) is 1. The van der Waals surface area contributed by atoms with Gasteiger partial charge in [0.05, 0.1) is 7.11 Å². The molecule has 3 nitrogen and oxygen atoms in total. The van der Waals surface area contributed by atoms with Crippen molar-refractivity contribution < 1.29 is 9.84 Å². The van der Waals surface area contributed by atoms with E-state index in [4.69, 9.17) is 15.6 Å². The summed E-state index contributed by atoms with van der Waals surface area (Å²) in [6, 6.07) is 7.60. The predicted molar refractivity (Wildman–Crippen MR) is 56.2 cm³/mol. The van der Waals surface area contributed by atoms with Gasteiger partial charge >= 0.3 is 0 Å². The summed E-state index contributed by atoms with van der Waals surface area (Å²) in [7, 11) is 1.63. The Balaban J connectivity index is 2.85. The molecule has 0 aliphatic heterocycles. The molecule has 1 aromatic rings. The molecule has 0 bridgehead atoms. The molecule has 3 N–H and O–H groups in total. The van der Waals surface area contributed by atoms with E-state index in [-0.39, 0.29) is 6.61 Å². The maximum absolute atomic E-state index is 8.86. The Kier molecular flexibility index (Phi) is 3.49. The van der Waals surface area contributed by atoms with Crippen molar-refractivity contribution >= 4 is 0 Å². The van der Waals surface area contributed by atoms with E-state index >= 15 is 0 Å². The molecule has 3 heteroatoms.